The molecule has 134 valence electrons. The molecule has 0 aliphatic carbocycles. The van der Waals surface area contributed by atoms with Crippen molar-refractivity contribution >= 4 is 11.3 Å². The van der Waals surface area contributed by atoms with Crippen molar-refractivity contribution in [3.05, 3.63) is 57.0 Å². The van der Waals surface area contributed by atoms with E-state index in [0.717, 1.165) is 47.2 Å². The minimum absolute atomic E-state index is 0.0681. The van der Waals surface area contributed by atoms with Gasteiger partial charge in [-0.1, -0.05) is 0 Å². The molecule has 1 aliphatic heterocycles. The third kappa shape index (κ3) is 3.71. The van der Waals surface area contributed by atoms with E-state index in [4.69, 9.17) is 0 Å². The lowest BCUT2D eigenvalue weighted by atomic mass is 10.2. The molecule has 4 rings (SSSR count). The molecular weight excluding hydrogens is 348 g/mol. The van der Waals surface area contributed by atoms with Gasteiger partial charge >= 0.3 is 0 Å². The Bertz CT molecular complexity index is 938. The lowest BCUT2D eigenvalue weighted by Crippen LogP contribution is -2.36. The molecule has 0 amide bonds. The monoisotopic (exact) mass is 368 g/mol. The number of hydrogen-bond donors (Lipinski definition) is 0. The van der Waals surface area contributed by atoms with Crippen LogP contribution in [0.4, 0.5) is 0 Å². The first-order valence-corrected chi connectivity index (χ1v) is 9.52. The first-order valence-electron chi connectivity index (χ1n) is 8.70. The maximum absolute atomic E-state index is 12.3. The van der Waals surface area contributed by atoms with Crippen molar-refractivity contribution in [1.29, 1.82) is 0 Å². The fraction of sp³-hybridized carbons (Fsp3) is 0.389. The van der Waals surface area contributed by atoms with Gasteiger partial charge in [-0.15, -0.1) is 21.5 Å². The normalized spacial score (nSPS) is 17.7. The van der Waals surface area contributed by atoms with Crippen LogP contribution in [0.3, 0.4) is 0 Å². The number of hydrogen-bond acceptors (Lipinski definition) is 7. The summed E-state index contributed by atoms with van der Waals surface area (Å²) >= 11 is 1.63. The van der Waals surface area contributed by atoms with Gasteiger partial charge in [-0.05, 0) is 44.5 Å². The standard InChI is InChI=1S/C18H20N6OS/c1-13-20-21-17(26-13)12-23-10-2-3-15(23)11-24-18(25)5-4-16(22-24)14-6-8-19-9-7-14/h4-9,15H,2-3,10-12H2,1H3. The van der Waals surface area contributed by atoms with Crippen LogP contribution in [0.25, 0.3) is 11.3 Å². The van der Waals surface area contributed by atoms with E-state index in [2.05, 4.69) is 25.2 Å². The molecule has 1 atom stereocenters. The van der Waals surface area contributed by atoms with Gasteiger partial charge in [0.15, 0.2) is 0 Å². The zero-order valence-corrected chi connectivity index (χ0v) is 15.4. The van der Waals surface area contributed by atoms with Crippen LogP contribution in [-0.4, -0.2) is 42.4 Å². The maximum Gasteiger partial charge on any atom is 0.266 e. The van der Waals surface area contributed by atoms with Crippen molar-refractivity contribution in [2.45, 2.75) is 38.9 Å². The van der Waals surface area contributed by atoms with Crippen molar-refractivity contribution in [2.75, 3.05) is 6.54 Å². The number of likely N-dealkylation sites (tertiary alicyclic amines) is 1. The average Bonchev–Trinajstić information content (AvgIpc) is 3.27. The second-order valence-electron chi connectivity index (χ2n) is 6.46. The van der Waals surface area contributed by atoms with Crippen molar-refractivity contribution < 1.29 is 0 Å². The van der Waals surface area contributed by atoms with Gasteiger partial charge in [-0.2, -0.15) is 5.10 Å². The average molecular weight is 368 g/mol. The second-order valence-corrected chi connectivity index (χ2v) is 7.72. The van der Waals surface area contributed by atoms with Gasteiger partial charge in [-0.25, -0.2) is 4.68 Å². The maximum atomic E-state index is 12.3. The van der Waals surface area contributed by atoms with E-state index in [-0.39, 0.29) is 11.6 Å². The zero-order valence-electron chi connectivity index (χ0n) is 14.6. The Labute approximate surface area is 155 Å². The highest BCUT2D eigenvalue weighted by Crippen LogP contribution is 2.22. The Balaban J connectivity index is 1.53. The van der Waals surface area contributed by atoms with E-state index in [0.29, 0.717) is 6.54 Å². The summed E-state index contributed by atoms with van der Waals surface area (Å²) < 4.78 is 1.59. The summed E-state index contributed by atoms with van der Waals surface area (Å²) in [6, 6.07) is 7.45. The van der Waals surface area contributed by atoms with E-state index < -0.39 is 0 Å². The summed E-state index contributed by atoms with van der Waals surface area (Å²) in [4.78, 5) is 18.7. The number of aromatic nitrogens is 5. The van der Waals surface area contributed by atoms with Gasteiger partial charge in [-0.3, -0.25) is 14.7 Å². The van der Waals surface area contributed by atoms with Gasteiger partial charge in [0, 0.05) is 30.1 Å². The Morgan fingerprint density at radius 3 is 2.81 bits per heavy atom. The highest BCUT2D eigenvalue weighted by Gasteiger charge is 2.26. The largest absolute Gasteiger partial charge is 0.292 e. The van der Waals surface area contributed by atoms with Gasteiger partial charge < -0.3 is 0 Å². The van der Waals surface area contributed by atoms with Crippen LogP contribution in [0.5, 0.6) is 0 Å². The van der Waals surface area contributed by atoms with Crippen LogP contribution in [0.2, 0.25) is 0 Å². The summed E-state index contributed by atoms with van der Waals surface area (Å²) in [6.45, 7) is 4.36. The molecule has 0 spiro atoms. The van der Waals surface area contributed by atoms with Crippen LogP contribution in [0.15, 0.2) is 41.5 Å². The quantitative estimate of drug-likeness (QED) is 0.687. The molecule has 3 aromatic rings. The molecule has 1 aliphatic rings. The number of pyridine rings is 1. The van der Waals surface area contributed by atoms with Gasteiger partial charge in [0.2, 0.25) is 0 Å². The summed E-state index contributed by atoms with van der Waals surface area (Å²) in [5.74, 6) is 0. The van der Waals surface area contributed by atoms with E-state index in [9.17, 15) is 4.79 Å². The highest BCUT2D eigenvalue weighted by atomic mass is 32.1. The molecule has 26 heavy (non-hydrogen) atoms. The molecular formula is C18H20N6OS. The fourth-order valence-corrected chi connectivity index (χ4v) is 4.08. The summed E-state index contributed by atoms with van der Waals surface area (Å²) in [7, 11) is 0. The van der Waals surface area contributed by atoms with Gasteiger partial charge in [0.25, 0.3) is 5.56 Å². The summed E-state index contributed by atoms with van der Waals surface area (Å²) in [5, 5.41) is 14.9. The molecule has 1 saturated heterocycles. The molecule has 8 heteroatoms. The van der Waals surface area contributed by atoms with Crippen LogP contribution in [-0.2, 0) is 13.1 Å². The van der Waals surface area contributed by atoms with Crippen LogP contribution >= 0.6 is 11.3 Å². The van der Waals surface area contributed by atoms with Crippen LogP contribution in [0, 0.1) is 6.92 Å². The Morgan fingerprint density at radius 1 is 1.19 bits per heavy atom. The van der Waals surface area contributed by atoms with Gasteiger partial charge in [0.1, 0.15) is 10.0 Å². The molecule has 7 nitrogen and oxygen atoms in total. The molecule has 0 radical (unpaired) electrons. The number of aryl methyl sites for hydroxylation is 1. The first-order chi connectivity index (χ1) is 12.7. The predicted octanol–water partition coefficient (Wildman–Crippen LogP) is 2.13. The van der Waals surface area contributed by atoms with E-state index in [1.54, 1.807) is 40.5 Å². The Hall–Kier alpha value is -2.45. The Kier molecular flexibility index (Phi) is 4.85. The van der Waals surface area contributed by atoms with E-state index >= 15 is 0 Å². The molecule has 0 N–H and O–H groups in total. The molecule has 0 bridgehead atoms. The van der Waals surface area contributed by atoms with E-state index in [1.807, 2.05) is 19.1 Å². The topological polar surface area (TPSA) is 76.8 Å². The number of rotatable bonds is 5. The molecule has 0 aromatic carbocycles. The molecule has 1 unspecified atom stereocenters. The molecule has 0 saturated carbocycles. The zero-order chi connectivity index (χ0) is 17.9. The summed E-state index contributed by atoms with van der Waals surface area (Å²) in [5.41, 5.74) is 1.68. The smallest absolute Gasteiger partial charge is 0.266 e. The molecule has 1 fully saturated rings. The fourth-order valence-electron chi connectivity index (χ4n) is 3.34. The van der Waals surface area contributed by atoms with Crippen LogP contribution in [0.1, 0.15) is 22.9 Å². The van der Waals surface area contributed by atoms with Crippen LogP contribution < -0.4 is 5.56 Å². The highest BCUT2D eigenvalue weighted by molar-refractivity contribution is 7.11. The lowest BCUT2D eigenvalue weighted by molar-refractivity contribution is 0.216. The minimum atomic E-state index is -0.0681. The van der Waals surface area contributed by atoms with Crippen molar-refractivity contribution in [3.63, 3.8) is 0 Å². The SMILES string of the molecule is Cc1nnc(CN2CCCC2Cn2nc(-c3ccncc3)ccc2=O)s1. The minimum Gasteiger partial charge on any atom is -0.292 e. The lowest BCUT2D eigenvalue weighted by Gasteiger charge is -2.23. The second kappa shape index (κ2) is 7.43. The number of nitrogens with zero attached hydrogens (tertiary/aromatic N) is 6. The molecule has 3 aromatic heterocycles. The van der Waals surface area contributed by atoms with Crippen molar-refractivity contribution in [3.8, 4) is 11.3 Å². The molecule has 4 heterocycles. The van der Waals surface area contributed by atoms with Gasteiger partial charge in [0.05, 0.1) is 18.8 Å². The van der Waals surface area contributed by atoms with Crippen molar-refractivity contribution in [1.82, 2.24) is 29.9 Å². The van der Waals surface area contributed by atoms with Crippen molar-refractivity contribution in [2.24, 2.45) is 0 Å². The first kappa shape index (κ1) is 17.0. The Morgan fingerprint density at radius 2 is 2.04 bits per heavy atom. The predicted molar refractivity (Wildman–Crippen MR) is 99.8 cm³/mol. The third-order valence-electron chi connectivity index (χ3n) is 4.63. The summed E-state index contributed by atoms with van der Waals surface area (Å²) in [6.07, 6.45) is 5.65. The third-order valence-corrected chi connectivity index (χ3v) is 5.46. The van der Waals surface area contributed by atoms with E-state index in [1.165, 1.54) is 0 Å².